The largest absolute Gasteiger partial charge is 0.495 e. The zero-order chi connectivity index (χ0) is 12.3. The lowest BCUT2D eigenvalue weighted by atomic mass is 9.87. The Bertz CT molecular complexity index is 386. The molecule has 94 valence electrons. The monoisotopic (exact) mass is 253 g/mol. The second-order valence-electron chi connectivity index (χ2n) is 4.58. The molecule has 1 aromatic carbocycles. The van der Waals surface area contributed by atoms with Gasteiger partial charge in [0.15, 0.2) is 0 Å². The van der Waals surface area contributed by atoms with Crippen LogP contribution in [0.3, 0.4) is 0 Å². The molecule has 0 saturated carbocycles. The predicted molar refractivity (Wildman–Crippen MR) is 72.2 cm³/mol. The number of hydrogen-bond acceptors (Lipinski definition) is 2. The minimum atomic E-state index is 0.599. The molecule has 1 heterocycles. The third-order valence-corrected chi connectivity index (χ3v) is 3.83. The van der Waals surface area contributed by atoms with E-state index in [9.17, 15) is 0 Å². The van der Waals surface area contributed by atoms with Gasteiger partial charge in [0.1, 0.15) is 5.75 Å². The summed E-state index contributed by atoms with van der Waals surface area (Å²) in [6, 6.07) is 4.18. The Hall–Kier alpha value is -0.730. The quantitative estimate of drug-likeness (QED) is 0.892. The Labute approximate surface area is 108 Å². The lowest BCUT2D eigenvalue weighted by molar-refractivity contribution is 0.413. The fraction of sp³-hybridized carbons (Fsp3) is 0.571. The topological polar surface area (TPSA) is 21.3 Å². The number of nitrogens with one attached hydrogen (secondary N) is 1. The molecule has 1 unspecified atom stereocenters. The van der Waals surface area contributed by atoms with E-state index in [0.29, 0.717) is 5.92 Å². The van der Waals surface area contributed by atoms with Crippen LogP contribution in [-0.2, 0) is 6.42 Å². The Balaban J connectivity index is 2.34. The maximum atomic E-state index is 6.23. The van der Waals surface area contributed by atoms with Crippen molar-refractivity contribution in [1.82, 2.24) is 5.32 Å². The van der Waals surface area contributed by atoms with Crippen molar-refractivity contribution >= 4 is 11.6 Å². The number of piperidine rings is 1. The third-order valence-electron chi connectivity index (χ3n) is 3.53. The van der Waals surface area contributed by atoms with Crippen molar-refractivity contribution in [3.63, 3.8) is 0 Å². The second-order valence-corrected chi connectivity index (χ2v) is 4.99. The van der Waals surface area contributed by atoms with E-state index < -0.39 is 0 Å². The summed E-state index contributed by atoms with van der Waals surface area (Å²) in [7, 11) is 1.67. The Morgan fingerprint density at radius 1 is 1.47 bits per heavy atom. The van der Waals surface area contributed by atoms with Crippen LogP contribution in [-0.4, -0.2) is 20.2 Å². The van der Waals surface area contributed by atoms with Gasteiger partial charge < -0.3 is 10.1 Å². The van der Waals surface area contributed by atoms with Gasteiger partial charge in [-0.1, -0.05) is 18.5 Å². The summed E-state index contributed by atoms with van der Waals surface area (Å²) in [5.74, 6) is 1.39. The molecular weight excluding hydrogens is 234 g/mol. The van der Waals surface area contributed by atoms with E-state index >= 15 is 0 Å². The van der Waals surface area contributed by atoms with Crippen LogP contribution >= 0.6 is 11.6 Å². The fourth-order valence-corrected chi connectivity index (χ4v) is 2.82. The van der Waals surface area contributed by atoms with E-state index in [1.165, 1.54) is 24.0 Å². The van der Waals surface area contributed by atoms with Crippen LogP contribution in [0.5, 0.6) is 5.75 Å². The van der Waals surface area contributed by atoms with E-state index in [-0.39, 0.29) is 0 Å². The zero-order valence-electron chi connectivity index (χ0n) is 10.6. The molecule has 1 aliphatic heterocycles. The molecule has 2 nitrogen and oxygen atoms in total. The normalized spacial score (nSPS) is 20.3. The number of ether oxygens (including phenoxy) is 1. The molecule has 0 radical (unpaired) electrons. The van der Waals surface area contributed by atoms with Crippen LogP contribution in [0.25, 0.3) is 0 Å². The van der Waals surface area contributed by atoms with E-state index in [1.54, 1.807) is 7.11 Å². The van der Waals surface area contributed by atoms with Crippen molar-refractivity contribution in [2.75, 3.05) is 20.2 Å². The Morgan fingerprint density at radius 3 is 2.88 bits per heavy atom. The van der Waals surface area contributed by atoms with Gasteiger partial charge in [-0.3, -0.25) is 0 Å². The SMILES string of the molecule is CCc1cc(OC)c(Cl)cc1C1CCCNC1. The van der Waals surface area contributed by atoms with Gasteiger partial charge in [0.05, 0.1) is 12.1 Å². The third kappa shape index (κ3) is 2.75. The van der Waals surface area contributed by atoms with Crippen molar-refractivity contribution in [1.29, 1.82) is 0 Å². The van der Waals surface area contributed by atoms with Crippen LogP contribution < -0.4 is 10.1 Å². The molecule has 1 fully saturated rings. The van der Waals surface area contributed by atoms with Gasteiger partial charge in [-0.25, -0.2) is 0 Å². The number of hydrogen-bond donors (Lipinski definition) is 1. The Kier molecular flexibility index (Phi) is 4.30. The van der Waals surface area contributed by atoms with Crippen LogP contribution in [0.4, 0.5) is 0 Å². The number of methoxy groups -OCH3 is 1. The lowest BCUT2D eigenvalue weighted by Crippen LogP contribution is -2.28. The molecule has 0 aromatic heterocycles. The van der Waals surface area contributed by atoms with E-state index in [0.717, 1.165) is 30.3 Å². The van der Waals surface area contributed by atoms with Crippen LogP contribution in [0, 0.1) is 0 Å². The first kappa shape index (κ1) is 12.7. The van der Waals surface area contributed by atoms with Crippen molar-refractivity contribution < 1.29 is 4.74 Å². The van der Waals surface area contributed by atoms with Crippen LogP contribution in [0.1, 0.15) is 36.8 Å². The molecular formula is C14H20ClNO. The molecule has 1 N–H and O–H groups in total. The molecule has 0 aliphatic carbocycles. The average molecular weight is 254 g/mol. The smallest absolute Gasteiger partial charge is 0.137 e. The summed E-state index contributed by atoms with van der Waals surface area (Å²) in [5.41, 5.74) is 2.76. The Morgan fingerprint density at radius 2 is 2.29 bits per heavy atom. The summed E-state index contributed by atoms with van der Waals surface area (Å²) >= 11 is 6.23. The van der Waals surface area contributed by atoms with Crippen molar-refractivity contribution in [2.45, 2.75) is 32.1 Å². The molecule has 1 atom stereocenters. The molecule has 2 rings (SSSR count). The summed E-state index contributed by atoms with van der Waals surface area (Å²) in [4.78, 5) is 0. The number of halogens is 1. The molecule has 17 heavy (non-hydrogen) atoms. The van der Waals surface area contributed by atoms with Gasteiger partial charge in [0.2, 0.25) is 0 Å². The first-order chi connectivity index (χ1) is 8.26. The molecule has 0 bridgehead atoms. The summed E-state index contributed by atoms with van der Waals surface area (Å²) < 4.78 is 5.28. The number of rotatable bonds is 3. The maximum Gasteiger partial charge on any atom is 0.137 e. The minimum Gasteiger partial charge on any atom is -0.495 e. The standard InChI is InChI=1S/C14H20ClNO/c1-3-10-7-14(17-2)13(15)8-12(10)11-5-4-6-16-9-11/h7-8,11,16H,3-6,9H2,1-2H3. The molecule has 1 aromatic rings. The highest BCUT2D eigenvalue weighted by molar-refractivity contribution is 6.32. The molecule has 1 aliphatic rings. The highest BCUT2D eigenvalue weighted by Crippen LogP contribution is 2.34. The van der Waals surface area contributed by atoms with Gasteiger partial charge in [-0.15, -0.1) is 0 Å². The van der Waals surface area contributed by atoms with E-state index in [4.69, 9.17) is 16.3 Å². The number of benzene rings is 1. The van der Waals surface area contributed by atoms with Crippen molar-refractivity contribution in [2.24, 2.45) is 0 Å². The molecule has 0 spiro atoms. The molecule has 3 heteroatoms. The number of aryl methyl sites for hydroxylation is 1. The summed E-state index contributed by atoms with van der Waals surface area (Å²) in [6.07, 6.45) is 3.53. The highest BCUT2D eigenvalue weighted by Gasteiger charge is 2.19. The fourth-order valence-electron chi connectivity index (χ4n) is 2.57. The first-order valence-electron chi connectivity index (χ1n) is 6.33. The van der Waals surface area contributed by atoms with Crippen molar-refractivity contribution in [3.8, 4) is 5.75 Å². The lowest BCUT2D eigenvalue weighted by Gasteiger charge is -2.25. The van der Waals surface area contributed by atoms with Gasteiger partial charge in [-0.05, 0) is 55.0 Å². The van der Waals surface area contributed by atoms with Gasteiger partial charge in [0.25, 0.3) is 0 Å². The molecule has 0 amide bonds. The van der Waals surface area contributed by atoms with Crippen LogP contribution in [0.15, 0.2) is 12.1 Å². The molecule has 1 saturated heterocycles. The highest BCUT2D eigenvalue weighted by atomic mass is 35.5. The summed E-state index contributed by atoms with van der Waals surface area (Å²) in [5, 5.41) is 4.19. The van der Waals surface area contributed by atoms with Gasteiger partial charge >= 0.3 is 0 Å². The average Bonchev–Trinajstić information content (AvgIpc) is 2.39. The summed E-state index contributed by atoms with van der Waals surface area (Å²) in [6.45, 7) is 4.39. The van der Waals surface area contributed by atoms with Gasteiger partial charge in [0, 0.05) is 6.54 Å². The van der Waals surface area contributed by atoms with E-state index in [2.05, 4.69) is 24.4 Å². The zero-order valence-corrected chi connectivity index (χ0v) is 11.3. The van der Waals surface area contributed by atoms with Crippen molar-refractivity contribution in [3.05, 3.63) is 28.3 Å². The minimum absolute atomic E-state index is 0.599. The predicted octanol–water partition coefficient (Wildman–Crippen LogP) is 3.38. The van der Waals surface area contributed by atoms with Gasteiger partial charge in [-0.2, -0.15) is 0 Å². The second kappa shape index (κ2) is 5.74. The van der Waals surface area contributed by atoms with Crippen LogP contribution in [0.2, 0.25) is 5.02 Å². The first-order valence-corrected chi connectivity index (χ1v) is 6.71. The van der Waals surface area contributed by atoms with E-state index in [1.807, 2.05) is 0 Å². The maximum absolute atomic E-state index is 6.23.